The maximum atomic E-state index is 10.5. The number of aliphatic carboxylic acids is 1. The van der Waals surface area contributed by atoms with Gasteiger partial charge in [0.15, 0.2) is 0 Å². The highest BCUT2D eigenvalue weighted by Crippen LogP contribution is 2.21. The fraction of sp³-hybridized carbons (Fsp3) is 0.500. The maximum absolute atomic E-state index is 10.5. The number of benzene rings is 1. The lowest BCUT2D eigenvalue weighted by molar-refractivity contribution is -0.136. The summed E-state index contributed by atoms with van der Waals surface area (Å²) in [6.07, 6.45) is 0.137. The lowest BCUT2D eigenvalue weighted by Gasteiger charge is -2.25. The van der Waals surface area contributed by atoms with E-state index < -0.39 is 5.97 Å². The van der Waals surface area contributed by atoms with Crippen LogP contribution in [0.1, 0.15) is 18.0 Å². The molecule has 1 aromatic carbocycles. The van der Waals surface area contributed by atoms with Gasteiger partial charge in [0.25, 0.3) is 0 Å². The minimum atomic E-state index is -0.782. The largest absolute Gasteiger partial charge is 0.497 e. The van der Waals surface area contributed by atoms with Gasteiger partial charge < -0.3 is 20.1 Å². The summed E-state index contributed by atoms with van der Waals surface area (Å²) in [5.41, 5.74) is 1.15. The lowest BCUT2D eigenvalue weighted by atomic mass is 10.1. The number of carboxylic acid groups (broad SMARTS) is 1. The van der Waals surface area contributed by atoms with E-state index >= 15 is 0 Å². The van der Waals surface area contributed by atoms with Crippen LogP contribution < -0.4 is 10.1 Å². The normalized spacial score (nSPS) is 12.4. The summed E-state index contributed by atoms with van der Waals surface area (Å²) in [7, 11) is 5.65. The Bertz CT molecular complexity index is 407. The van der Waals surface area contributed by atoms with E-state index in [2.05, 4.69) is 10.2 Å². The second-order valence-corrected chi connectivity index (χ2v) is 4.60. The Morgan fingerprint density at radius 1 is 1.47 bits per heavy atom. The predicted molar refractivity (Wildman–Crippen MR) is 74.5 cm³/mol. The molecular weight excluding hydrogens is 244 g/mol. The number of likely N-dealkylation sites (N-methyl/N-ethyl adjacent to an activating group) is 1. The van der Waals surface area contributed by atoms with Gasteiger partial charge in [0.1, 0.15) is 5.75 Å². The Balaban J connectivity index is 2.63. The van der Waals surface area contributed by atoms with Crippen LogP contribution in [-0.4, -0.2) is 50.3 Å². The van der Waals surface area contributed by atoms with Crippen molar-refractivity contribution in [1.82, 2.24) is 10.2 Å². The summed E-state index contributed by atoms with van der Waals surface area (Å²) in [5, 5.41) is 11.8. The van der Waals surface area contributed by atoms with Crippen LogP contribution in [0.3, 0.4) is 0 Å². The Morgan fingerprint density at radius 3 is 2.79 bits per heavy atom. The van der Waals surface area contributed by atoms with Crippen LogP contribution in [0.15, 0.2) is 24.3 Å². The number of carbonyl (C=O) groups is 1. The fourth-order valence-electron chi connectivity index (χ4n) is 1.88. The first-order chi connectivity index (χ1) is 9.04. The van der Waals surface area contributed by atoms with Crippen molar-refractivity contribution in [2.75, 3.05) is 34.3 Å². The number of carboxylic acids is 1. The molecule has 1 aromatic rings. The van der Waals surface area contributed by atoms with E-state index in [4.69, 9.17) is 9.84 Å². The summed E-state index contributed by atoms with van der Waals surface area (Å²) in [4.78, 5) is 12.6. The van der Waals surface area contributed by atoms with Gasteiger partial charge in [0.05, 0.1) is 13.5 Å². The van der Waals surface area contributed by atoms with Crippen molar-refractivity contribution in [2.45, 2.75) is 12.5 Å². The summed E-state index contributed by atoms with van der Waals surface area (Å²) < 4.78 is 5.23. The van der Waals surface area contributed by atoms with Crippen molar-refractivity contribution in [3.63, 3.8) is 0 Å². The molecule has 0 amide bonds. The van der Waals surface area contributed by atoms with Crippen molar-refractivity contribution in [3.8, 4) is 5.75 Å². The third-order valence-corrected chi connectivity index (χ3v) is 2.96. The highest BCUT2D eigenvalue weighted by Gasteiger charge is 2.14. The van der Waals surface area contributed by atoms with Crippen molar-refractivity contribution in [1.29, 1.82) is 0 Å². The van der Waals surface area contributed by atoms with Gasteiger partial charge in [-0.3, -0.25) is 4.79 Å². The fourth-order valence-corrected chi connectivity index (χ4v) is 1.88. The van der Waals surface area contributed by atoms with Gasteiger partial charge in [0.2, 0.25) is 0 Å². The first kappa shape index (κ1) is 15.5. The number of methoxy groups -OCH3 is 1. The first-order valence-electron chi connectivity index (χ1n) is 6.27. The molecule has 19 heavy (non-hydrogen) atoms. The van der Waals surface area contributed by atoms with E-state index in [1.165, 1.54) is 0 Å². The topological polar surface area (TPSA) is 61.8 Å². The monoisotopic (exact) mass is 266 g/mol. The summed E-state index contributed by atoms with van der Waals surface area (Å²) >= 11 is 0. The number of nitrogens with zero attached hydrogens (tertiary/aromatic N) is 1. The molecule has 1 atom stereocenters. The minimum absolute atomic E-state index is 0.137. The third-order valence-electron chi connectivity index (χ3n) is 2.96. The molecule has 0 aliphatic carbocycles. The van der Waals surface area contributed by atoms with Crippen LogP contribution in [-0.2, 0) is 4.79 Å². The molecular formula is C14H22N2O3. The summed E-state index contributed by atoms with van der Waals surface area (Å²) in [6.45, 7) is 1.18. The molecule has 0 bridgehead atoms. The molecule has 1 rings (SSSR count). The van der Waals surface area contributed by atoms with E-state index in [1.807, 2.05) is 38.4 Å². The van der Waals surface area contributed by atoms with Crippen LogP contribution in [0.5, 0.6) is 5.75 Å². The molecule has 0 fully saturated rings. The number of hydrogen-bond acceptors (Lipinski definition) is 4. The number of rotatable bonds is 8. The zero-order valence-corrected chi connectivity index (χ0v) is 11.7. The molecule has 0 aromatic heterocycles. The van der Waals surface area contributed by atoms with Crippen LogP contribution in [0, 0.1) is 0 Å². The standard InChI is InChI=1S/C14H22N2O3/c1-16(2)13(10-15-8-7-14(17)18)11-5-4-6-12(9-11)19-3/h4-6,9,13,15H,7-8,10H2,1-3H3,(H,17,18). The minimum Gasteiger partial charge on any atom is -0.497 e. The maximum Gasteiger partial charge on any atom is 0.304 e. The summed E-state index contributed by atoms with van der Waals surface area (Å²) in [5.74, 6) is 0.0465. The third kappa shape index (κ3) is 5.28. The van der Waals surface area contributed by atoms with E-state index in [9.17, 15) is 4.79 Å². The van der Waals surface area contributed by atoms with Crippen molar-refractivity contribution >= 4 is 5.97 Å². The van der Waals surface area contributed by atoms with Crippen molar-refractivity contribution < 1.29 is 14.6 Å². The van der Waals surface area contributed by atoms with Gasteiger partial charge >= 0.3 is 5.97 Å². The average molecular weight is 266 g/mol. The van der Waals surface area contributed by atoms with Gasteiger partial charge in [-0.05, 0) is 31.8 Å². The molecule has 1 unspecified atom stereocenters. The van der Waals surface area contributed by atoms with Crippen LogP contribution in [0.2, 0.25) is 0 Å². The van der Waals surface area contributed by atoms with E-state index in [0.29, 0.717) is 13.1 Å². The molecule has 0 saturated heterocycles. The van der Waals surface area contributed by atoms with Gasteiger partial charge in [-0.1, -0.05) is 12.1 Å². The average Bonchev–Trinajstić information content (AvgIpc) is 2.38. The van der Waals surface area contributed by atoms with E-state index in [1.54, 1.807) is 7.11 Å². The quantitative estimate of drug-likeness (QED) is 0.696. The highest BCUT2D eigenvalue weighted by molar-refractivity contribution is 5.66. The summed E-state index contributed by atoms with van der Waals surface area (Å²) in [6, 6.07) is 8.11. The predicted octanol–water partition coefficient (Wildman–Crippen LogP) is 1.36. The number of hydrogen-bond donors (Lipinski definition) is 2. The SMILES string of the molecule is COc1cccc(C(CNCCC(=O)O)N(C)C)c1. The molecule has 0 aliphatic rings. The number of ether oxygens (including phenoxy) is 1. The molecule has 0 aliphatic heterocycles. The smallest absolute Gasteiger partial charge is 0.304 e. The zero-order chi connectivity index (χ0) is 14.3. The van der Waals surface area contributed by atoms with E-state index in [-0.39, 0.29) is 12.5 Å². The Hall–Kier alpha value is -1.59. The van der Waals surface area contributed by atoms with Gasteiger partial charge in [-0.2, -0.15) is 0 Å². The molecule has 106 valence electrons. The van der Waals surface area contributed by atoms with Gasteiger partial charge in [-0.15, -0.1) is 0 Å². The van der Waals surface area contributed by atoms with Crippen LogP contribution >= 0.6 is 0 Å². The molecule has 0 saturated carbocycles. The van der Waals surface area contributed by atoms with Gasteiger partial charge in [0, 0.05) is 19.1 Å². The second kappa shape index (κ2) is 7.76. The molecule has 2 N–H and O–H groups in total. The zero-order valence-electron chi connectivity index (χ0n) is 11.7. The molecule has 0 spiro atoms. The second-order valence-electron chi connectivity index (χ2n) is 4.60. The molecule has 5 nitrogen and oxygen atoms in total. The molecule has 0 heterocycles. The number of nitrogens with one attached hydrogen (secondary N) is 1. The molecule has 5 heteroatoms. The Morgan fingerprint density at radius 2 is 2.21 bits per heavy atom. The van der Waals surface area contributed by atoms with Crippen LogP contribution in [0.25, 0.3) is 0 Å². The van der Waals surface area contributed by atoms with E-state index in [0.717, 1.165) is 11.3 Å². The Kier molecular flexibility index (Phi) is 6.32. The molecule has 0 radical (unpaired) electrons. The first-order valence-corrected chi connectivity index (χ1v) is 6.27. The highest BCUT2D eigenvalue weighted by atomic mass is 16.5. The lowest BCUT2D eigenvalue weighted by Crippen LogP contribution is -2.32. The van der Waals surface area contributed by atoms with Gasteiger partial charge in [-0.25, -0.2) is 0 Å². The van der Waals surface area contributed by atoms with Crippen LogP contribution in [0.4, 0.5) is 0 Å². The van der Waals surface area contributed by atoms with Crippen molar-refractivity contribution in [3.05, 3.63) is 29.8 Å². The van der Waals surface area contributed by atoms with Crippen molar-refractivity contribution in [2.24, 2.45) is 0 Å². The Labute approximate surface area is 114 Å².